The zero-order valence-electron chi connectivity index (χ0n) is 9.99. The van der Waals surface area contributed by atoms with E-state index >= 15 is 0 Å². The highest BCUT2D eigenvalue weighted by Gasteiger charge is 2.17. The number of hydrogen-bond acceptors (Lipinski definition) is 3. The minimum absolute atomic E-state index is 0.0995. The average molecular weight is 239 g/mol. The highest BCUT2D eigenvalue weighted by molar-refractivity contribution is 5.30. The molecule has 1 aliphatic rings. The second kappa shape index (κ2) is 5.47. The van der Waals surface area contributed by atoms with Gasteiger partial charge in [0, 0.05) is 12.6 Å². The maximum absolute atomic E-state index is 13.7. The number of hydrogen-bond donors (Lipinski definition) is 1. The molecule has 4 heteroatoms. The molecular formula is C13H18FNO2. The Morgan fingerprint density at radius 2 is 2.41 bits per heavy atom. The van der Waals surface area contributed by atoms with Crippen LogP contribution in [0.4, 0.5) is 4.39 Å². The van der Waals surface area contributed by atoms with Gasteiger partial charge in [-0.15, -0.1) is 0 Å². The smallest absolute Gasteiger partial charge is 0.165 e. The average Bonchev–Trinajstić information content (AvgIpc) is 2.80. The van der Waals surface area contributed by atoms with E-state index in [1.54, 1.807) is 12.1 Å². The summed E-state index contributed by atoms with van der Waals surface area (Å²) in [6.45, 7) is 3.01. The lowest BCUT2D eigenvalue weighted by molar-refractivity contribution is 0.0665. The van der Waals surface area contributed by atoms with E-state index in [9.17, 15) is 4.39 Å². The van der Waals surface area contributed by atoms with E-state index in [1.165, 1.54) is 6.07 Å². The lowest BCUT2D eigenvalue weighted by Gasteiger charge is -2.13. The molecule has 0 bridgehead atoms. The fourth-order valence-corrected chi connectivity index (χ4v) is 1.88. The van der Waals surface area contributed by atoms with Gasteiger partial charge in [-0.25, -0.2) is 4.39 Å². The molecule has 1 saturated heterocycles. The molecule has 1 aromatic rings. The molecule has 0 saturated carbocycles. The van der Waals surface area contributed by atoms with Crippen molar-refractivity contribution in [1.29, 1.82) is 0 Å². The van der Waals surface area contributed by atoms with Gasteiger partial charge in [-0.1, -0.05) is 6.07 Å². The summed E-state index contributed by atoms with van der Waals surface area (Å²) < 4.78 is 24.5. The molecule has 1 heterocycles. The minimum Gasteiger partial charge on any atom is -0.488 e. The van der Waals surface area contributed by atoms with Crippen molar-refractivity contribution in [3.63, 3.8) is 0 Å². The van der Waals surface area contributed by atoms with Crippen LogP contribution in [0.25, 0.3) is 0 Å². The first-order valence-corrected chi connectivity index (χ1v) is 5.96. The summed E-state index contributed by atoms with van der Waals surface area (Å²) in [5, 5.41) is 0. The van der Waals surface area contributed by atoms with E-state index in [0.29, 0.717) is 6.61 Å². The molecule has 2 atom stereocenters. The first-order chi connectivity index (χ1) is 8.16. The van der Waals surface area contributed by atoms with Crippen molar-refractivity contribution < 1.29 is 13.9 Å². The first-order valence-electron chi connectivity index (χ1n) is 5.96. The number of benzene rings is 1. The van der Waals surface area contributed by atoms with Crippen molar-refractivity contribution in [2.24, 2.45) is 5.73 Å². The van der Waals surface area contributed by atoms with Crippen LogP contribution in [0.3, 0.4) is 0 Å². The molecular weight excluding hydrogens is 221 g/mol. The summed E-state index contributed by atoms with van der Waals surface area (Å²) in [6, 6.07) is 4.67. The molecule has 0 radical (unpaired) electrons. The van der Waals surface area contributed by atoms with Crippen molar-refractivity contribution >= 4 is 0 Å². The lowest BCUT2D eigenvalue weighted by atomic mass is 10.1. The molecule has 17 heavy (non-hydrogen) atoms. The molecule has 0 aromatic heterocycles. The molecule has 1 aliphatic heterocycles. The predicted octanol–water partition coefficient (Wildman–Crippen LogP) is 2.40. The summed E-state index contributed by atoms with van der Waals surface area (Å²) in [5.41, 5.74) is 6.45. The first kappa shape index (κ1) is 12.3. The van der Waals surface area contributed by atoms with Crippen molar-refractivity contribution in [3.05, 3.63) is 29.6 Å². The lowest BCUT2D eigenvalue weighted by Crippen LogP contribution is -2.16. The molecule has 1 aromatic carbocycles. The van der Waals surface area contributed by atoms with E-state index in [2.05, 4.69) is 0 Å². The van der Waals surface area contributed by atoms with Gasteiger partial charge in [0.05, 0.1) is 6.10 Å². The van der Waals surface area contributed by atoms with Crippen molar-refractivity contribution in [3.8, 4) is 5.75 Å². The van der Waals surface area contributed by atoms with Crippen LogP contribution in [0, 0.1) is 5.82 Å². The van der Waals surface area contributed by atoms with E-state index in [4.69, 9.17) is 15.2 Å². The fraction of sp³-hybridized carbons (Fsp3) is 0.538. The van der Waals surface area contributed by atoms with Crippen LogP contribution in [0.2, 0.25) is 0 Å². The van der Waals surface area contributed by atoms with Gasteiger partial charge in [0.15, 0.2) is 11.6 Å². The van der Waals surface area contributed by atoms with Gasteiger partial charge in [0.25, 0.3) is 0 Å². The van der Waals surface area contributed by atoms with E-state index in [0.717, 1.165) is 25.0 Å². The Balaban J connectivity index is 1.96. The quantitative estimate of drug-likeness (QED) is 0.877. The predicted molar refractivity (Wildman–Crippen MR) is 63.5 cm³/mol. The normalized spacial score (nSPS) is 21.5. The Morgan fingerprint density at radius 3 is 3.00 bits per heavy atom. The van der Waals surface area contributed by atoms with Crippen molar-refractivity contribution in [1.82, 2.24) is 0 Å². The van der Waals surface area contributed by atoms with Gasteiger partial charge < -0.3 is 15.2 Å². The van der Waals surface area contributed by atoms with Gasteiger partial charge in [0.1, 0.15) is 6.61 Å². The summed E-state index contributed by atoms with van der Waals surface area (Å²) in [5.74, 6) is -0.0947. The second-order valence-corrected chi connectivity index (χ2v) is 4.42. The van der Waals surface area contributed by atoms with Gasteiger partial charge in [-0.05, 0) is 37.5 Å². The summed E-state index contributed by atoms with van der Waals surface area (Å²) in [6.07, 6.45) is 2.14. The Labute approximate surface area is 101 Å². The largest absolute Gasteiger partial charge is 0.488 e. The fourth-order valence-electron chi connectivity index (χ4n) is 1.88. The van der Waals surface area contributed by atoms with Crippen molar-refractivity contribution in [2.75, 3.05) is 13.2 Å². The van der Waals surface area contributed by atoms with Gasteiger partial charge in [-0.2, -0.15) is 0 Å². The maximum atomic E-state index is 13.7. The second-order valence-electron chi connectivity index (χ2n) is 4.42. The van der Waals surface area contributed by atoms with E-state index in [1.807, 2.05) is 6.92 Å². The summed E-state index contributed by atoms with van der Waals surface area (Å²) in [4.78, 5) is 0. The van der Waals surface area contributed by atoms with Crippen LogP contribution >= 0.6 is 0 Å². The molecule has 2 unspecified atom stereocenters. The summed E-state index contributed by atoms with van der Waals surface area (Å²) >= 11 is 0. The third kappa shape index (κ3) is 3.17. The Kier molecular flexibility index (Phi) is 3.97. The van der Waals surface area contributed by atoms with Gasteiger partial charge in [-0.3, -0.25) is 0 Å². The Bertz CT molecular complexity index is 376. The zero-order valence-corrected chi connectivity index (χ0v) is 9.99. The molecule has 1 fully saturated rings. The highest BCUT2D eigenvalue weighted by atomic mass is 19.1. The van der Waals surface area contributed by atoms with Crippen molar-refractivity contribution in [2.45, 2.75) is 31.9 Å². The molecule has 2 N–H and O–H groups in total. The third-order valence-corrected chi connectivity index (χ3v) is 2.93. The third-order valence-electron chi connectivity index (χ3n) is 2.93. The van der Waals surface area contributed by atoms with Crippen LogP contribution in [0.1, 0.15) is 31.4 Å². The standard InChI is InChI=1S/C13H18FNO2/c1-9(15)10-4-5-13(12(14)7-10)17-8-11-3-2-6-16-11/h4-5,7,9,11H,2-3,6,8,15H2,1H3. The maximum Gasteiger partial charge on any atom is 0.165 e. The van der Waals surface area contributed by atoms with Crippen LogP contribution < -0.4 is 10.5 Å². The Morgan fingerprint density at radius 1 is 1.59 bits per heavy atom. The molecule has 3 nitrogen and oxygen atoms in total. The SMILES string of the molecule is CC(N)c1ccc(OCC2CCCO2)c(F)c1. The van der Waals surface area contributed by atoms with Crippen LogP contribution in [0.15, 0.2) is 18.2 Å². The molecule has 2 rings (SSSR count). The molecule has 0 aliphatic carbocycles. The van der Waals surface area contributed by atoms with Crippen LogP contribution in [0.5, 0.6) is 5.75 Å². The van der Waals surface area contributed by atoms with Crippen LogP contribution in [-0.4, -0.2) is 19.3 Å². The number of ether oxygens (including phenoxy) is 2. The number of rotatable bonds is 4. The number of nitrogens with two attached hydrogens (primary N) is 1. The van der Waals surface area contributed by atoms with E-state index < -0.39 is 0 Å². The van der Waals surface area contributed by atoms with Crippen LogP contribution in [-0.2, 0) is 4.74 Å². The van der Waals surface area contributed by atoms with Gasteiger partial charge in [0.2, 0.25) is 0 Å². The summed E-state index contributed by atoms with van der Waals surface area (Å²) in [7, 11) is 0. The Hall–Kier alpha value is -1.13. The zero-order chi connectivity index (χ0) is 12.3. The molecule has 0 spiro atoms. The monoisotopic (exact) mass is 239 g/mol. The van der Waals surface area contributed by atoms with E-state index in [-0.39, 0.29) is 23.7 Å². The molecule has 94 valence electrons. The highest BCUT2D eigenvalue weighted by Crippen LogP contribution is 2.22. The minimum atomic E-state index is -0.363. The number of halogens is 1. The molecule has 0 amide bonds. The van der Waals surface area contributed by atoms with Gasteiger partial charge >= 0.3 is 0 Å². The topological polar surface area (TPSA) is 44.5 Å².